The van der Waals surface area contributed by atoms with Crippen molar-refractivity contribution in [1.82, 2.24) is 0 Å². The zero-order valence-corrected chi connectivity index (χ0v) is 11.7. The fourth-order valence-corrected chi connectivity index (χ4v) is 4.04. The van der Waals surface area contributed by atoms with Gasteiger partial charge in [-0.2, -0.15) is 0 Å². The van der Waals surface area contributed by atoms with Gasteiger partial charge in [-0.1, -0.05) is 13.8 Å². The van der Waals surface area contributed by atoms with Gasteiger partial charge in [-0.15, -0.1) is 11.8 Å². The molecule has 0 amide bonds. The van der Waals surface area contributed by atoms with Crippen molar-refractivity contribution in [3.05, 3.63) is 28.8 Å². The van der Waals surface area contributed by atoms with E-state index in [-0.39, 0.29) is 10.2 Å². The molecule has 0 fully saturated rings. The standard InChI is InChI=1S/C14H18O2S/c1-8-9(12(15)16)6-7-10-11(8)13(2,3)14(4,5)17-10/h6-7H,1-5H3,(H,15,16). The summed E-state index contributed by atoms with van der Waals surface area (Å²) in [5.74, 6) is -0.837. The molecule has 2 nitrogen and oxygen atoms in total. The molecular formula is C14H18O2S. The minimum absolute atomic E-state index is 0.0114. The van der Waals surface area contributed by atoms with Gasteiger partial charge >= 0.3 is 5.97 Å². The lowest BCUT2D eigenvalue weighted by Crippen LogP contribution is -2.36. The van der Waals surface area contributed by atoms with Crippen LogP contribution in [0, 0.1) is 6.92 Å². The van der Waals surface area contributed by atoms with Crippen LogP contribution in [0.4, 0.5) is 0 Å². The second-order valence-corrected chi connectivity index (χ2v) is 7.32. The summed E-state index contributed by atoms with van der Waals surface area (Å²) in [5, 5.41) is 9.19. The highest BCUT2D eigenvalue weighted by Crippen LogP contribution is 2.57. The first kappa shape index (κ1) is 12.5. The van der Waals surface area contributed by atoms with Gasteiger partial charge in [0.05, 0.1) is 5.56 Å². The number of rotatable bonds is 1. The van der Waals surface area contributed by atoms with Crippen molar-refractivity contribution in [3.8, 4) is 0 Å². The highest BCUT2D eigenvalue weighted by Gasteiger charge is 2.47. The van der Waals surface area contributed by atoms with Crippen LogP contribution in [0.1, 0.15) is 49.2 Å². The first-order chi connectivity index (χ1) is 7.68. The molecule has 0 aliphatic carbocycles. The summed E-state index contributed by atoms with van der Waals surface area (Å²) in [6.07, 6.45) is 0. The predicted molar refractivity (Wildman–Crippen MR) is 71.1 cm³/mol. The molecule has 1 N–H and O–H groups in total. The zero-order chi connectivity index (χ0) is 13.0. The number of carboxylic acids is 1. The lowest BCUT2D eigenvalue weighted by atomic mass is 9.72. The van der Waals surface area contributed by atoms with Crippen LogP contribution in [0.15, 0.2) is 17.0 Å². The van der Waals surface area contributed by atoms with E-state index in [1.165, 1.54) is 10.5 Å². The fourth-order valence-electron chi connectivity index (χ4n) is 2.48. The molecule has 0 saturated heterocycles. The molecule has 1 heterocycles. The normalized spacial score (nSPS) is 20.1. The Kier molecular flexibility index (Phi) is 2.58. The van der Waals surface area contributed by atoms with Gasteiger partial charge in [0, 0.05) is 15.1 Å². The van der Waals surface area contributed by atoms with Crippen LogP contribution < -0.4 is 0 Å². The number of carbonyl (C=O) groups is 1. The van der Waals surface area contributed by atoms with E-state index in [9.17, 15) is 9.90 Å². The molecule has 0 atom stereocenters. The average Bonchev–Trinajstić information content (AvgIpc) is 2.33. The first-order valence-corrected chi connectivity index (χ1v) is 6.56. The molecule has 0 aromatic heterocycles. The van der Waals surface area contributed by atoms with Crippen molar-refractivity contribution in [2.75, 3.05) is 0 Å². The Morgan fingerprint density at radius 2 is 1.82 bits per heavy atom. The lowest BCUT2D eigenvalue weighted by molar-refractivity contribution is 0.0695. The van der Waals surface area contributed by atoms with Crippen LogP contribution in [-0.2, 0) is 5.41 Å². The van der Waals surface area contributed by atoms with Crippen molar-refractivity contribution < 1.29 is 9.90 Å². The summed E-state index contributed by atoms with van der Waals surface area (Å²) in [7, 11) is 0. The van der Waals surface area contributed by atoms with Crippen molar-refractivity contribution in [2.24, 2.45) is 0 Å². The smallest absolute Gasteiger partial charge is 0.335 e. The minimum Gasteiger partial charge on any atom is -0.478 e. The van der Waals surface area contributed by atoms with E-state index in [2.05, 4.69) is 27.7 Å². The summed E-state index contributed by atoms with van der Waals surface area (Å²) in [6.45, 7) is 10.8. The summed E-state index contributed by atoms with van der Waals surface area (Å²) in [5.41, 5.74) is 2.53. The molecule has 3 heteroatoms. The third kappa shape index (κ3) is 1.60. The monoisotopic (exact) mass is 250 g/mol. The van der Waals surface area contributed by atoms with E-state index in [0.717, 1.165) is 5.56 Å². The van der Waals surface area contributed by atoms with Gasteiger partial charge in [0.15, 0.2) is 0 Å². The van der Waals surface area contributed by atoms with Crippen LogP contribution in [-0.4, -0.2) is 15.8 Å². The van der Waals surface area contributed by atoms with Gasteiger partial charge < -0.3 is 5.11 Å². The van der Waals surface area contributed by atoms with Crippen LogP contribution in [0.5, 0.6) is 0 Å². The molecule has 92 valence electrons. The number of carboxylic acid groups (broad SMARTS) is 1. The molecule has 0 saturated carbocycles. The maximum absolute atomic E-state index is 11.2. The number of aromatic carboxylic acids is 1. The Bertz CT molecular complexity index is 501. The van der Waals surface area contributed by atoms with Crippen LogP contribution in [0.2, 0.25) is 0 Å². The molecule has 1 aliphatic rings. The van der Waals surface area contributed by atoms with Gasteiger partial charge in [0.2, 0.25) is 0 Å². The van der Waals surface area contributed by atoms with Crippen LogP contribution in [0.25, 0.3) is 0 Å². The number of hydrogen-bond acceptors (Lipinski definition) is 2. The Morgan fingerprint density at radius 3 is 2.35 bits per heavy atom. The van der Waals surface area contributed by atoms with E-state index >= 15 is 0 Å². The number of hydrogen-bond donors (Lipinski definition) is 1. The summed E-state index contributed by atoms with van der Waals surface area (Å²) in [6, 6.07) is 3.67. The quantitative estimate of drug-likeness (QED) is 0.822. The molecule has 0 unspecified atom stereocenters. The van der Waals surface area contributed by atoms with E-state index in [1.807, 2.05) is 24.8 Å². The second-order valence-electron chi connectivity index (χ2n) is 5.65. The van der Waals surface area contributed by atoms with E-state index in [0.29, 0.717) is 5.56 Å². The minimum atomic E-state index is -0.837. The highest BCUT2D eigenvalue weighted by atomic mass is 32.2. The van der Waals surface area contributed by atoms with Crippen LogP contribution >= 0.6 is 11.8 Å². The Labute approximate surface area is 106 Å². The molecule has 1 aromatic carbocycles. The molecule has 1 aliphatic heterocycles. The second kappa shape index (κ2) is 3.52. The van der Waals surface area contributed by atoms with Crippen molar-refractivity contribution in [2.45, 2.75) is 49.7 Å². The third-order valence-electron chi connectivity index (χ3n) is 4.15. The zero-order valence-electron chi connectivity index (χ0n) is 10.9. The summed E-state index contributed by atoms with van der Waals surface area (Å²) in [4.78, 5) is 12.4. The molecular weight excluding hydrogens is 232 g/mol. The van der Waals surface area contributed by atoms with E-state index in [4.69, 9.17) is 0 Å². The largest absolute Gasteiger partial charge is 0.478 e. The van der Waals surface area contributed by atoms with E-state index in [1.54, 1.807) is 6.07 Å². The SMILES string of the molecule is Cc1c(C(=O)O)ccc2c1C(C)(C)C(C)(C)S2. The first-order valence-electron chi connectivity index (χ1n) is 5.75. The molecule has 0 radical (unpaired) electrons. The summed E-state index contributed by atoms with van der Waals surface area (Å²) < 4.78 is 0.0945. The predicted octanol–water partition coefficient (Wildman–Crippen LogP) is 3.86. The van der Waals surface area contributed by atoms with Gasteiger partial charge in [0.25, 0.3) is 0 Å². The maximum atomic E-state index is 11.2. The molecule has 1 aromatic rings. The Morgan fingerprint density at radius 1 is 1.24 bits per heavy atom. The molecule has 0 spiro atoms. The Hall–Kier alpha value is -0.960. The number of fused-ring (bicyclic) bond motifs is 1. The van der Waals surface area contributed by atoms with Gasteiger partial charge in [-0.3, -0.25) is 0 Å². The molecule has 17 heavy (non-hydrogen) atoms. The topological polar surface area (TPSA) is 37.3 Å². The molecule has 0 bridgehead atoms. The average molecular weight is 250 g/mol. The lowest BCUT2D eigenvalue weighted by Gasteiger charge is -2.35. The van der Waals surface area contributed by atoms with Gasteiger partial charge in [0.1, 0.15) is 0 Å². The van der Waals surface area contributed by atoms with Crippen LogP contribution in [0.3, 0.4) is 0 Å². The van der Waals surface area contributed by atoms with Gasteiger partial charge in [-0.05, 0) is 44.0 Å². The number of benzene rings is 1. The Balaban J connectivity index is 2.71. The van der Waals surface area contributed by atoms with Crippen molar-refractivity contribution in [3.63, 3.8) is 0 Å². The van der Waals surface area contributed by atoms with Crippen molar-refractivity contribution >= 4 is 17.7 Å². The highest BCUT2D eigenvalue weighted by molar-refractivity contribution is 8.01. The van der Waals surface area contributed by atoms with E-state index < -0.39 is 5.97 Å². The van der Waals surface area contributed by atoms with Crippen molar-refractivity contribution in [1.29, 1.82) is 0 Å². The third-order valence-corrected chi connectivity index (χ3v) is 5.73. The molecule has 2 rings (SSSR count). The summed E-state index contributed by atoms with van der Waals surface area (Å²) >= 11 is 1.84. The van der Waals surface area contributed by atoms with Gasteiger partial charge in [-0.25, -0.2) is 4.79 Å². The number of thioether (sulfide) groups is 1. The fraction of sp³-hybridized carbons (Fsp3) is 0.500. The maximum Gasteiger partial charge on any atom is 0.335 e.